The van der Waals surface area contributed by atoms with Crippen LogP contribution < -0.4 is 0 Å². The third-order valence-corrected chi connectivity index (χ3v) is 12.0. The summed E-state index contributed by atoms with van der Waals surface area (Å²) in [5.41, 5.74) is 23.8. The maximum absolute atomic E-state index is 2.55. The van der Waals surface area contributed by atoms with Crippen molar-refractivity contribution in [3.05, 3.63) is 216 Å². The lowest BCUT2D eigenvalue weighted by atomic mass is 9.78. The normalized spacial score (nSPS) is 13.8. The molecule has 58 heavy (non-hydrogen) atoms. The number of benzene rings is 8. The first-order valence-corrected chi connectivity index (χ1v) is 20.9. The van der Waals surface area contributed by atoms with Crippen LogP contribution in [0, 0.1) is 27.7 Å². The molecule has 0 N–H and O–H groups in total. The summed E-state index contributed by atoms with van der Waals surface area (Å²) < 4.78 is 0. The van der Waals surface area contributed by atoms with Crippen molar-refractivity contribution in [1.82, 2.24) is 0 Å². The fourth-order valence-corrected chi connectivity index (χ4v) is 9.05. The summed E-state index contributed by atoms with van der Waals surface area (Å²) in [6, 6.07) is 66.1. The Hall–Kier alpha value is -6.50. The number of hydrogen-bond donors (Lipinski definition) is 0. The zero-order chi connectivity index (χ0) is 39.6. The lowest BCUT2D eigenvalue weighted by Crippen LogP contribution is -2.04. The van der Waals surface area contributed by atoms with E-state index < -0.39 is 0 Å². The lowest BCUT2D eigenvalue weighted by Gasteiger charge is -2.26. The summed E-state index contributed by atoms with van der Waals surface area (Å²) in [4.78, 5) is 0. The fourth-order valence-electron chi connectivity index (χ4n) is 9.05. The van der Waals surface area contributed by atoms with Crippen LogP contribution in [-0.4, -0.2) is 0 Å². The van der Waals surface area contributed by atoms with E-state index >= 15 is 0 Å². The molecule has 8 aromatic rings. The zero-order valence-corrected chi connectivity index (χ0v) is 34.1. The van der Waals surface area contributed by atoms with Gasteiger partial charge in [0, 0.05) is 5.92 Å². The molecule has 1 aliphatic rings. The fraction of sp³-hybridized carbons (Fsp3) is 0.138. The first kappa shape index (κ1) is 37.1. The molecule has 0 spiro atoms. The summed E-state index contributed by atoms with van der Waals surface area (Å²) in [6.07, 6.45) is 8.38. The number of rotatable bonds is 8. The molecule has 0 saturated carbocycles. The van der Waals surface area contributed by atoms with Crippen LogP contribution in [0.3, 0.4) is 0 Å². The van der Waals surface area contributed by atoms with Crippen molar-refractivity contribution in [1.29, 1.82) is 0 Å². The summed E-state index contributed by atoms with van der Waals surface area (Å²) >= 11 is 0. The van der Waals surface area contributed by atoms with Gasteiger partial charge in [0.25, 0.3) is 0 Å². The molecular formula is C58H50. The zero-order valence-electron chi connectivity index (χ0n) is 34.1. The van der Waals surface area contributed by atoms with Crippen LogP contribution in [-0.2, 0) is 0 Å². The van der Waals surface area contributed by atoms with E-state index in [1.807, 2.05) is 0 Å². The standard InChI is InChI=1S/C58H50/c1-39-25-29-47(51(33-39)43-17-9-5-10-18-43)55-37-57(49-31-27-41(3)35-53(49)45-21-13-7-14-22-45)58(50-32-28-42(4)36-54(50)46-23-15-8-16-24-46)38-56(55)48-30-26-40(2)34-52(48)44-19-11-6-12-20-44/h5-7,9-15,17-23,25-38,46H,8,16,24H2,1-4H3. The van der Waals surface area contributed by atoms with Crippen molar-refractivity contribution in [3.8, 4) is 77.9 Å². The van der Waals surface area contributed by atoms with Crippen molar-refractivity contribution >= 4 is 0 Å². The van der Waals surface area contributed by atoms with Crippen LogP contribution in [0.5, 0.6) is 0 Å². The van der Waals surface area contributed by atoms with Crippen LogP contribution in [0.2, 0.25) is 0 Å². The second-order valence-corrected chi connectivity index (χ2v) is 16.2. The summed E-state index contributed by atoms with van der Waals surface area (Å²) in [5, 5.41) is 0. The Balaban J connectivity index is 1.45. The molecule has 1 atom stereocenters. The van der Waals surface area contributed by atoms with Gasteiger partial charge in [-0.25, -0.2) is 0 Å². The number of hydrogen-bond acceptors (Lipinski definition) is 0. The molecule has 9 rings (SSSR count). The van der Waals surface area contributed by atoms with Gasteiger partial charge in [0.05, 0.1) is 0 Å². The summed E-state index contributed by atoms with van der Waals surface area (Å²) in [6.45, 7) is 8.86. The SMILES string of the molecule is Cc1ccc(-c2cc(-c3ccc(C)cc3-c3ccccc3)c(-c3ccc(C)cc3C3C=CCCC3)cc2-c2ccc(C)cc2-c2ccccc2)c(-c2ccccc2)c1. The molecular weight excluding hydrogens is 697 g/mol. The third kappa shape index (κ3) is 7.39. The highest BCUT2D eigenvalue weighted by molar-refractivity contribution is 6.03. The molecule has 0 fully saturated rings. The molecule has 0 aliphatic heterocycles. The van der Waals surface area contributed by atoms with Gasteiger partial charge < -0.3 is 0 Å². The summed E-state index contributed by atoms with van der Waals surface area (Å²) in [7, 11) is 0. The summed E-state index contributed by atoms with van der Waals surface area (Å²) in [5.74, 6) is 0.368. The minimum Gasteiger partial charge on any atom is -0.0879 e. The second-order valence-electron chi connectivity index (χ2n) is 16.2. The third-order valence-electron chi connectivity index (χ3n) is 12.0. The molecule has 0 nitrogen and oxygen atoms in total. The largest absolute Gasteiger partial charge is 0.0879 e. The van der Waals surface area contributed by atoms with Gasteiger partial charge in [0.1, 0.15) is 0 Å². The van der Waals surface area contributed by atoms with Crippen LogP contribution in [0.4, 0.5) is 0 Å². The van der Waals surface area contributed by atoms with Crippen molar-refractivity contribution in [3.63, 3.8) is 0 Å². The van der Waals surface area contributed by atoms with Gasteiger partial charge >= 0.3 is 0 Å². The van der Waals surface area contributed by atoms with Gasteiger partial charge in [-0.2, -0.15) is 0 Å². The van der Waals surface area contributed by atoms with Gasteiger partial charge in [-0.1, -0.05) is 198 Å². The van der Waals surface area contributed by atoms with E-state index in [0.29, 0.717) is 5.92 Å². The van der Waals surface area contributed by atoms with E-state index in [9.17, 15) is 0 Å². The predicted octanol–water partition coefficient (Wildman–Crippen LogP) is 16.4. The first-order valence-electron chi connectivity index (χ1n) is 20.9. The Labute approximate surface area is 345 Å². The highest BCUT2D eigenvalue weighted by atomic mass is 14.3. The van der Waals surface area contributed by atoms with E-state index in [0.717, 1.165) is 12.8 Å². The molecule has 0 saturated heterocycles. The van der Waals surface area contributed by atoms with E-state index in [2.05, 4.69) is 216 Å². The molecule has 0 amide bonds. The minimum absolute atomic E-state index is 0.368. The van der Waals surface area contributed by atoms with E-state index in [-0.39, 0.29) is 0 Å². The predicted molar refractivity (Wildman–Crippen MR) is 249 cm³/mol. The molecule has 0 aromatic heterocycles. The monoisotopic (exact) mass is 746 g/mol. The van der Waals surface area contributed by atoms with Gasteiger partial charge in [0.2, 0.25) is 0 Å². The van der Waals surface area contributed by atoms with Gasteiger partial charge in [-0.3, -0.25) is 0 Å². The van der Waals surface area contributed by atoms with Crippen molar-refractivity contribution < 1.29 is 0 Å². The number of allylic oxidation sites excluding steroid dienone is 2. The quantitative estimate of drug-likeness (QED) is 0.136. The van der Waals surface area contributed by atoms with Gasteiger partial charge in [-0.05, 0) is 143 Å². The van der Waals surface area contributed by atoms with Crippen LogP contribution in [0.25, 0.3) is 77.9 Å². The van der Waals surface area contributed by atoms with Crippen molar-refractivity contribution in [2.45, 2.75) is 52.9 Å². The highest BCUT2D eigenvalue weighted by Gasteiger charge is 2.25. The Bertz CT molecular complexity index is 2770. The van der Waals surface area contributed by atoms with E-state index in [1.165, 1.54) is 112 Å². The number of aryl methyl sites for hydroxylation is 4. The first-order chi connectivity index (χ1) is 28.4. The minimum atomic E-state index is 0.368. The Morgan fingerprint density at radius 3 is 1.07 bits per heavy atom. The Morgan fingerprint density at radius 2 is 0.690 bits per heavy atom. The molecule has 0 heteroatoms. The Kier molecular flexibility index (Phi) is 10.3. The van der Waals surface area contributed by atoms with Crippen LogP contribution in [0.1, 0.15) is 53.0 Å². The van der Waals surface area contributed by atoms with Gasteiger partial charge in [-0.15, -0.1) is 0 Å². The van der Waals surface area contributed by atoms with Crippen molar-refractivity contribution in [2.75, 3.05) is 0 Å². The lowest BCUT2D eigenvalue weighted by molar-refractivity contribution is 0.655. The molecule has 0 radical (unpaired) electrons. The van der Waals surface area contributed by atoms with Crippen LogP contribution in [0.15, 0.2) is 188 Å². The molecule has 0 heterocycles. The van der Waals surface area contributed by atoms with E-state index in [1.54, 1.807) is 0 Å². The average Bonchev–Trinajstić information content (AvgIpc) is 3.27. The molecule has 8 aromatic carbocycles. The maximum Gasteiger partial charge on any atom is 0.00243 e. The second kappa shape index (κ2) is 16.2. The van der Waals surface area contributed by atoms with E-state index in [4.69, 9.17) is 0 Å². The molecule has 0 bridgehead atoms. The topological polar surface area (TPSA) is 0 Å². The van der Waals surface area contributed by atoms with Crippen LogP contribution >= 0.6 is 0 Å². The molecule has 282 valence electrons. The highest BCUT2D eigenvalue weighted by Crippen LogP contribution is 2.50. The van der Waals surface area contributed by atoms with Crippen molar-refractivity contribution in [2.24, 2.45) is 0 Å². The smallest absolute Gasteiger partial charge is 0.00243 e. The Morgan fingerprint density at radius 1 is 0.328 bits per heavy atom. The van der Waals surface area contributed by atoms with Gasteiger partial charge in [0.15, 0.2) is 0 Å². The maximum atomic E-state index is 2.55. The molecule has 1 unspecified atom stereocenters. The molecule has 1 aliphatic carbocycles. The average molecular weight is 747 g/mol.